The van der Waals surface area contributed by atoms with Gasteiger partial charge in [0.05, 0.1) is 17.0 Å². The fourth-order valence-electron chi connectivity index (χ4n) is 4.51. The number of hydrogen-bond acceptors (Lipinski definition) is 8. The van der Waals surface area contributed by atoms with Crippen LogP contribution in [0.5, 0.6) is 5.75 Å². The van der Waals surface area contributed by atoms with E-state index in [9.17, 15) is 14.7 Å². The van der Waals surface area contributed by atoms with Crippen molar-refractivity contribution in [2.75, 3.05) is 13.1 Å². The van der Waals surface area contributed by atoms with Crippen LogP contribution in [0.2, 0.25) is 0 Å². The molecule has 2 N–H and O–H groups in total. The summed E-state index contributed by atoms with van der Waals surface area (Å²) in [5.74, 6) is 0.484. The number of para-hydroxylation sites is 1. The number of nitrogens with one attached hydrogen (secondary N) is 1. The van der Waals surface area contributed by atoms with Crippen molar-refractivity contribution in [3.05, 3.63) is 52.1 Å². The second-order valence-electron chi connectivity index (χ2n) is 9.96. The second-order valence-corrected chi connectivity index (χ2v) is 9.96. The molecule has 0 aliphatic carbocycles. The molecule has 0 atom stereocenters. The summed E-state index contributed by atoms with van der Waals surface area (Å²) in [5, 5.41) is 18.8. The molecule has 3 aromatic heterocycles. The van der Waals surface area contributed by atoms with Crippen LogP contribution in [-0.2, 0) is 4.74 Å². The Labute approximate surface area is 206 Å². The molecule has 11 nitrogen and oxygen atoms in total. The standard InChI is InChI=1S/C25H28N6O5/c1-14-20(23-27-21(29-36-23)16-7-5-6-8-18(16)32)22-26-19(33)13-17(31(22)28-14)15-9-11-30(12-10-15)24(34)35-25(2,3)4/h5-8,13,15,32H,9-12H2,1-4H3,(H,26,33). The maximum Gasteiger partial charge on any atom is 0.410 e. The molecule has 4 heterocycles. The zero-order chi connectivity index (χ0) is 25.6. The highest BCUT2D eigenvalue weighted by molar-refractivity contribution is 5.76. The Balaban J connectivity index is 1.46. The van der Waals surface area contributed by atoms with Gasteiger partial charge in [-0.25, -0.2) is 9.31 Å². The van der Waals surface area contributed by atoms with E-state index < -0.39 is 5.60 Å². The Bertz CT molecular complexity index is 1490. The Morgan fingerprint density at radius 1 is 1.22 bits per heavy atom. The summed E-state index contributed by atoms with van der Waals surface area (Å²) >= 11 is 0. The summed E-state index contributed by atoms with van der Waals surface area (Å²) in [7, 11) is 0. The molecule has 4 aromatic rings. The van der Waals surface area contributed by atoms with Crippen LogP contribution in [0.25, 0.3) is 28.5 Å². The van der Waals surface area contributed by atoms with E-state index in [0.29, 0.717) is 48.4 Å². The molecule has 0 spiro atoms. The number of nitrogens with zero attached hydrogens (tertiary/aromatic N) is 5. The van der Waals surface area contributed by atoms with Gasteiger partial charge in [0.1, 0.15) is 22.6 Å². The van der Waals surface area contributed by atoms with E-state index in [4.69, 9.17) is 9.26 Å². The highest BCUT2D eigenvalue weighted by Crippen LogP contribution is 2.33. The molecule has 1 fully saturated rings. The summed E-state index contributed by atoms with van der Waals surface area (Å²) in [6.45, 7) is 8.38. The lowest BCUT2D eigenvalue weighted by Gasteiger charge is -2.33. The molecular weight excluding hydrogens is 464 g/mol. The lowest BCUT2D eigenvalue weighted by molar-refractivity contribution is 0.0203. The maximum atomic E-state index is 12.7. The van der Waals surface area contributed by atoms with Crippen LogP contribution in [-0.4, -0.2) is 59.5 Å². The molecule has 1 amide bonds. The van der Waals surface area contributed by atoms with Crippen LogP contribution < -0.4 is 5.56 Å². The number of rotatable bonds is 3. The Morgan fingerprint density at radius 3 is 2.64 bits per heavy atom. The SMILES string of the molecule is Cc1nn2c(C3CCN(C(=O)OC(C)(C)C)CC3)cc(=O)[nH]c2c1-c1nc(-c2ccccc2O)no1. The van der Waals surface area contributed by atoms with Crippen molar-refractivity contribution >= 4 is 11.7 Å². The van der Waals surface area contributed by atoms with Crippen LogP contribution in [0.1, 0.15) is 50.9 Å². The molecule has 1 aromatic carbocycles. The minimum atomic E-state index is -0.552. The van der Waals surface area contributed by atoms with Gasteiger partial charge in [-0.2, -0.15) is 10.1 Å². The first-order chi connectivity index (χ1) is 17.1. The van der Waals surface area contributed by atoms with E-state index >= 15 is 0 Å². The average Bonchev–Trinajstić information content (AvgIpc) is 3.41. The highest BCUT2D eigenvalue weighted by Gasteiger charge is 2.30. The number of piperidine rings is 1. The van der Waals surface area contributed by atoms with Gasteiger partial charge < -0.3 is 24.3 Å². The maximum absolute atomic E-state index is 12.7. The molecule has 0 bridgehead atoms. The number of fused-ring (bicyclic) bond motifs is 1. The Morgan fingerprint density at radius 2 is 1.94 bits per heavy atom. The Hall–Kier alpha value is -4.15. The molecule has 36 heavy (non-hydrogen) atoms. The van der Waals surface area contributed by atoms with Gasteiger partial charge in [-0.15, -0.1) is 0 Å². The van der Waals surface area contributed by atoms with Crippen molar-refractivity contribution in [3.63, 3.8) is 0 Å². The second kappa shape index (κ2) is 8.81. The first-order valence-electron chi connectivity index (χ1n) is 11.8. The monoisotopic (exact) mass is 492 g/mol. The molecule has 1 aliphatic rings. The van der Waals surface area contributed by atoms with Gasteiger partial charge in [0.25, 0.3) is 11.4 Å². The van der Waals surface area contributed by atoms with Crippen molar-refractivity contribution < 1.29 is 19.2 Å². The highest BCUT2D eigenvalue weighted by atomic mass is 16.6. The van der Waals surface area contributed by atoms with Crippen molar-refractivity contribution in [1.82, 2.24) is 29.6 Å². The number of carbonyl (C=O) groups excluding carboxylic acids is 1. The smallest absolute Gasteiger partial charge is 0.410 e. The fraction of sp³-hybridized carbons (Fsp3) is 0.400. The van der Waals surface area contributed by atoms with Gasteiger partial charge >= 0.3 is 6.09 Å². The number of aryl methyl sites for hydroxylation is 1. The third-order valence-corrected chi connectivity index (χ3v) is 6.18. The minimum Gasteiger partial charge on any atom is -0.507 e. The molecule has 1 aliphatic heterocycles. The van der Waals surface area contributed by atoms with Crippen molar-refractivity contribution in [1.29, 1.82) is 0 Å². The molecular formula is C25H28N6O5. The summed E-state index contributed by atoms with van der Waals surface area (Å²) < 4.78 is 12.7. The fourth-order valence-corrected chi connectivity index (χ4v) is 4.51. The van der Waals surface area contributed by atoms with Gasteiger partial charge in [-0.05, 0) is 52.7 Å². The van der Waals surface area contributed by atoms with E-state index in [1.54, 1.807) is 46.7 Å². The third-order valence-electron chi connectivity index (χ3n) is 6.18. The van der Waals surface area contributed by atoms with Crippen molar-refractivity contribution in [3.8, 4) is 28.6 Å². The number of phenols is 1. The summed E-state index contributed by atoms with van der Waals surface area (Å²) in [6.07, 6.45) is 1.01. The van der Waals surface area contributed by atoms with Gasteiger partial charge in [0, 0.05) is 25.1 Å². The first-order valence-corrected chi connectivity index (χ1v) is 11.8. The number of hydrogen-bond donors (Lipinski definition) is 2. The number of aromatic nitrogens is 5. The topological polar surface area (TPSA) is 139 Å². The molecule has 0 unspecified atom stereocenters. The normalized spacial score (nSPS) is 14.9. The molecule has 11 heteroatoms. The minimum absolute atomic E-state index is 0.0279. The first kappa shape index (κ1) is 23.6. The summed E-state index contributed by atoms with van der Waals surface area (Å²) in [6, 6.07) is 8.27. The predicted octanol–water partition coefficient (Wildman–Crippen LogP) is 3.87. The number of carbonyl (C=O) groups is 1. The zero-order valence-corrected chi connectivity index (χ0v) is 20.6. The molecule has 5 rings (SSSR count). The van der Waals surface area contributed by atoms with Crippen molar-refractivity contribution in [2.45, 2.75) is 52.1 Å². The third kappa shape index (κ3) is 4.43. The number of aromatic amines is 1. The number of benzene rings is 1. The van der Waals surface area contributed by atoms with E-state index in [1.165, 1.54) is 0 Å². The van der Waals surface area contributed by atoms with Crippen LogP contribution in [0.4, 0.5) is 4.79 Å². The van der Waals surface area contributed by atoms with Gasteiger partial charge in [0.15, 0.2) is 0 Å². The molecule has 0 saturated carbocycles. The predicted molar refractivity (Wildman–Crippen MR) is 131 cm³/mol. The molecule has 0 radical (unpaired) electrons. The van der Waals surface area contributed by atoms with E-state index in [2.05, 4.69) is 20.2 Å². The lowest BCUT2D eigenvalue weighted by atomic mass is 9.93. The number of likely N-dealkylation sites (tertiary alicyclic amines) is 1. The van der Waals surface area contributed by atoms with Crippen LogP contribution in [0.15, 0.2) is 39.6 Å². The van der Waals surface area contributed by atoms with E-state index in [0.717, 1.165) is 5.69 Å². The molecule has 1 saturated heterocycles. The summed E-state index contributed by atoms with van der Waals surface area (Å²) in [5.41, 5.74) is 1.96. The molecule has 188 valence electrons. The summed E-state index contributed by atoms with van der Waals surface area (Å²) in [4.78, 5) is 34.1. The van der Waals surface area contributed by atoms with Crippen LogP contribution in [0.3, 0.4) is 0 Å². The van der Waals surface area contributed by atoms with Gasteiger partial charge in [0.2, 0.25) is 5.82 Å². The Kier molecular flexibility index (Phi) is 5.77. The number of H-pyrrole nitrogens is 1. The van der Waals surface area contributed by atoms with Crippen LogP contribution >= 0.6 is 0 Å². The van der Waals surface area contributed by atoms with Crippen LogP contribution in [0, 0.1) is 6.92 Å². The zero-order valence-electron chi connectivity index (χ0n) is 20.6. The number of phenolic OH excluding ortho intramolecular Hbond substituents is 1. The van der Waals surface area contributed by atoms with Crippen molar-refractivity contribution in [2.24, 2.45) is 0 Å². The van der Waals surface area contributed by atoms with Gasteiger partial charge in [-0.1, -0.05) is 17.3 Å². The quantitative estimate of drug-likeness (QED) is 0.439. The van der Waals surface area contributed by atoms with E-state index in [-0.39, 0.29) is 35.0 Å². The lowest BCUT2D eigenvalue weighted by Crippen LogP contribution is -2.41. The number of ether oxygens (including phenoxy) is 1. The number of amides is 1. The number of aromatic hydroxyl groups is 1. The average molecular weight is 493 g/mol. The van der Waals surface area contributed by atoms with E-state index in [1.807, 2.05) is 20.8 Å². The largest absolute Gasteiger partial charge is 0.507 e. The van der Waals surface area contributed by atoms with Gasteiger partial charge in [-0.3, -0.25) is 4.79 Å².